The summed E-state index contributed by atoms with van der Waals surface area (Å²) in [6.45, 7) is 1.71. The molecule has 0 saturated carbocycles. The van der Waals surface area contributed by atoms with Gasteiger partial charge in [-0.2, -0.15) is 0 Å². The van der Waals surface area contributed by atoms with Crippen LogP contribution < -0.4 is 10.0 Å². The first kappa shape index (κ1) is 14.5. The summed E-state index contributed by atoms with van der Waals surface area (Å²) in [4.78, 5) is 11.3. The molecule has 1 heterocycles. The van der Waals surface area contributed by atoms with Crippen LogP contribution in [0, 0.1) is 12.7 Å². The summed E-state index contributed by atoms with van der Waals surface area (Å²) in [6, 6.07) is 8.57. The van der Waals surface area contributed by atoms with E-state index in [1.165, 1.54) is 30.3 Å². The zero-order valence-corrected chi connectivity index (χ0v) is 12.5. The molecule has 2 aromatic carbocycles. The van der Waals surface area contributed by atoms with Crippen LogP contribution in [0.1, 0.15) is 11.1 Å². The summed E-state index contributed by atoms with van der Waals surface area (Å²) in [6.07, 6.45) is 0.136. The van der Waals surface area contributed by atoms with Crippen molar-refractivity contribution in [2.75, 3.05) is 10.0 Å². The lowest BCUT2D eigenvalue weighted by atomic mass is 10.2. The van der Waals surface area contributed by atoms with Gasteiger partial charge in [-0.15, -0.1) is 0 Å². The number of fused-ring (bicyclic) bond motifs is 1. The Bertz CT molecular complexity index is 878. The lowest BCUT2D eigenvalue weighted by Crippen LogP contribution is -2.14. The van der Waals surface area contributed by atoms with E-state index >= 15 is 0 Å². The van der Waals surface area contributed by atoms with Gasteiger partial charge in [0.15, 0.2) is 0 Å². The SMILES string of the molecule is Cc1ccc(NS(=O)(=O)c2ccc3c(c2)CC(=O)N3)c(F)c1. The van der Waals surface area contributed by atoms with Gasteiger partial charge in [-0.05, 0) is 48.4 Å². The third-order valence-corrected chi connectivity index (χ3v) is 4.74. The van der Waals surface area contributed by atoms with Gasteiger partial charge >= 0.3 is 0 Å². The molecule has 0 atom stereocenters. The number of anilines is 2. The molecule has 0 aromatic heterocycles. The number of benzene rings is 2. The minimum absolute atomic E-state index is 0.0114. The van der Waals surface area contributed by atoms with Crippen LogP contribution in [-0.2, 0) is 21.2 Å². The summed E-state index contributed by atoms with van der Waals surface area (Å²) in [5.74, 6) is -0.816. The second-order valence-electron chi connectivity index (χ2n) is 5.13. The normalized spacial score (nSPS) is 13.6. The largest absolute Gasteiger partial charge is 0.326 e. The van der Waals surface area contributed by atoms with E-state index in [0.717, 1.165) is 0 Å². The number of carbonyl (C=O) groups excluding carboxylic acids is 1. The van der Waals surface area contributed by atoms with Gasteiger partial charge in [0.1, 0.15) is 5.82 Å². The van der Waals surface area contributed by atoms with E-state index in [4.69, 9.17) is 0 Å². The number of nitrogens with one attached hydrogen (secondary N) is 2. The van der Waals surface area contributed by atoms with Crippen molar-refractivity contribution >= 4 is 27.3 Å². The molecule has 0 spiro atoms. The third-order valence-electron chi connectivity index (χ3n) is 3.38. The molecule has 0 bridgehead atoms. The topological polar surface area (TPSA) is 75.3 Å². The molecule has 0 saturated heterocycles. The minimum Gasteiger partial charge on any atom is -0.326 e. The molecule has 5 nitrogen and oxygen atoms in total. The Balaban J connectivity index is 1.94. The minimum atomic E-state index is -3.92. The highest BCUT2D eigenvalue weighted by Crippen LogP contribution is 2.27. The van der Waals surface area contributed by atoms with E-state index in [-0.39, 0.29) is 22.9 Å². The van der Waals surface area contributed by atoms with Crippen molar-refractivity contribution < 1.29 is 17.6 Å². The van der Waals surface area contributed by atoms with Crippen molar-refractivity contribution in [3.63, 3.8) is 0 Å². The highest BCUT2D eigenvalue weighted by atomic mass is 32.2. The van der Waals surface area contributed by atoms with Gasteiger partial charge in [-0.1, -0.05) is 6.07 Å². The smallest absolute Gasteiger partial charge is 0.261 e. The molecule has 0 aliphatic carbocycles. The van der Waals surface area contributed by atoms with Crippen LogP contribution in [-0.4, -0.2) is 14.3 Å². The quantitative estimate of drug-likeness (QED) is 0.912. The van der Waals surface area contributed by atoms with Crippen LogP contribution in [0.15, 0.2) is 41.3 Å². The van der Waals surface area contributed by atoms with Gasteiger partial charge in [0.25, 0.3) is 10.0 Å². The lowest BCUT2D eigenvalue weighted by Gasteiger charge is -2.10. The molecule has 2 aromatic rings. The Morgan fingerprint density at radius 3 is 2.68 bits per heavy atom. The Labute approximate surface area is 127 Å². The molecule has 1 aliphatic heterocycles. The number of hydrogen-bond acceptors (Lipinski definition) is 3. The summed E-state index contributed by atoms with van der Waals surface area (Å²) < 4.78 is 40.7. The van der Waals surface area contributed by atoms with E-state index in [1.807, 2.05) is 0 Å². The summed E-state index contributed by atoms with van der Waals surface area (Å²) >= 11 is 0. The average Bonchev–Trinajstić information content (AvgIpc) is 2.81. The van der Waals surface area contributed by atoms with Crippen molar-refractivity contribution in [3.05, 3.63) is 53.3 Å². The number of halogens is 1. The predicted molar refractivity (Wildman–Crippen MR) is 80.7 cm³/mol. The maximum absolute atomic E-state index is 13.8. The van der Waals surface area contributed by atoms with E-state index in [0.29, 0.717) is 16.8 Å². The van der Waals surface area contributed by atoms with Crippen molar-refractivity contribution in [1.82, 2.24) is 0 Å². The first-order chi connectivity index (χ1) is 10.3. The van der Waals surface area contributed by atoms with E-state index in [1.54, 1.807) is 13.0 Å². The third kappa shape index (κ3) is 2.67. The molecule has 114 valence electrons. The zero-order valence-electron chi connectivity index (χ0n) is 11.7. The molecular weight excluding hydrogens is 307 g/mol. The van der Waals surface area contributed by atoms with Crippen LogP contribution >= 0.6 is 0 Å². The molecule has 2 N–H and O–H groups in total. The number of aryl methyl sites for hydroxylation is 1. The Morgan fingerprint density at radius 2 is 1.95 bits per heavy atom. The maximum atomic E-state index is 13.8. The van der Waals surface area contributed by atoms with Gasteiger partial charge in [0, 0.05) is 5.69 Å². The molecule has 3 rings (SSSR count). The van der Waals surface area contributed by atoms with E-state index in [9.17, 15) is 17.6 Å². The number of sulfonamides is 1. The number of amides is 1. The zero-order chi connectivity index (χ0) is 15.9. The van der Waals surface area contributed by atoms with E-state index in [2.05, 4.69) is 10.0 Å². The fourth-order valence-corrected chi connectivity index (χ4v) is 3.40. The fourth-order valence-electron chi connectivity index (χ4n) is 2.28. The van der Waals surface area contributed by atoms with Crippen LogP contribution in [0.5, 0.6) is 0 Å². The van der Waals surface area contributed by atoms with E-state index < -0.39 is 15.8 Å². The summed E-state index contributed by atoms with van der Waals surface area (Å²) in [5, 5.41) is 2.63. The molecule has 1 amide bonds. The van der Waals surface area contributed by atoms with Crippen LogP contribution in [0.3, 0.4) is 0 Å². The Hall–Kier alpha value is -2.41. The van der Waals surface area contributed by atoms with Crippen molar-refractivity contribution in [1.29, 1.82) is 0 Å². The molecule has 7 heteroatoms. The van der Waals surface area contributed by atoms with Crippen molar-refractivity contribution in [2.45, 2.75) is 18.2 Å². The second-order valence-corrected chi connectivity index (χ2v) is 6.82. The molecule has 1 aliphatic rings. The predicted octanol–water partition coefficient (Wildman–Crippen LogP) is 2.43. The average molecular weight is 320 g/mol. The molecule has 0 radical (unpaired) electrons. The standard InChI is InChI=1S/C15H13FN2O3S/c1-9-2-4-14(12(16)6-9)18-22(20,21)11-3-5-13-10(7-11)8-15(19)17-13/h2-7,18H,8H2,1H3,(H,17,19). The molecule has 0 unspecified atom stereocenters. The lowest BCUT2D eigenvalue weighted by molar-refractivity contribution is -0.115. The molecule has 0 fully saturated rings. The maximum Gasteiger partial charge on any atom is 0.261 e. The summed E-state index contributed by atoms with van der Waals surface area (Å²) in [5.41, 5.74) is 1.80. The van der Waals surface area contributed by atoms with Crippen LogP contribution in [0.25, 0.3) is 0 Å². The highest BCUT2D eigenvalue weighted by Gasteiger charge is 2.22. The van der Waals surface area contributed by atoms with Crippen LogP contribution in [0.2, 0.25) is 0 Å². The van der Waals surface area contributed by atoms with Crippen molar-refractivity contribution in [3.8, 4) is 0 Å². The first-order valence-electron chi connectivity index (χ1n) is 6.57. The molecule has 22 heavy (non-hydrogen) atoms. The Morgan fingerprint density at radius 1 is 1.18 bits per heavy atom. The number of carbonyl (C=O) groups is 1. The van der Waals surface area contributed by atoms with Crippen LogP contribution in [0.4, 0.5) is 15.8 Å². The number of hydrogen-bond donors (Lipinski definition) is 2. The monoisotopic (exact) mass is 320 g/mol. The first-order valence-corrected chi connectivity index (χ1v) is 8.05. The van der Waals surface area contributed by atoms with Gasteiger partial charge in [0.05, 0.1) is 17.0 Å². The summed E-state index contributed by atoms with van der Waals surface area (Å²) in [7, 11) is -3.92. The van der Waals surface area contributed by atoms with Gasteiger partial charge in [0.2, 0.25) is 5.91 Å². The van der Waals surface area contributed by atoms with Gasteiger partial charge in [-0.25, -0.2) is 12.8 Å². The molecular formula is C15H13FN2O3S. The van der Waals surface area contributed by atoms with Gasteiger partial charge in [-0.3, -0.25) is 9.52 Å². The second kappa shape index (κ2) is 5.10. The number of rotatable bonds is 3. The van der Waals surface area contributed by atoms with Crippen molar-refractivity contribution in [2.24, 2.45) is 0 Å². The highest BCUT2D eigenvalue weighted by molar-refractivity contribution is 7.92. The fraction of sp³-hybridized carbons (Fsp3) is 0.133. The Kier molecular flexibility index (Phi) is 3.37. The van der Waals surface area contributed by atoms with Gasteiger partial charge < -0.3 is 5.32 Å².